The minimum atomic E-state index is -0.736. The van der Waals surface area contributed by atoms with E-state index in [4.69, 9.17) is 5.73 Å². The third-order valence-electron chi connectivity index (χ3n) is 2.61. The van der Waals surface area contributed by atoms with E-state index in [0.717, 1.165) is 5.69 Å². The van der Waals surface area contributed by atoms with Gasteiger partial charge in [0, 0.05) is 12.5 Å². The van der Waals surface area contributed by atoms with E-state index in [2.05, 4.69) is 15.0 Å². The van der Waals surface area contributed by atoms with Crippen molar-refractivity contribution in [3.8, 4) is 0 Å². The molecule has 0 fully saturated rings. The van der Waals surface area contributed by atoms with E-state index in [9.17, 15) is 4.79 Å². The molecular formula is C9H16N4O2. The second kappa shape index (κ2) is 3.98. The smallest absolute Gasteiger partial charge is 0.323 e. The molecule has 15 heavy (non-hydrogen) atoms. The summed E-state index contributed by atoms with van der Waals surface area (Å²) < 4.78 is 6.22. The first-order chi connectivity index (χ1) is 6.91. The first-order valence-electron chi connectivity index (χ1n) is 4.59. The fourth-order valence-electron chi connectivity index (χ4n) is 1.45. The number of hydrogen-bond acceptors (Lipinski definition) is 5. The van der Waals surface area contributed by atoms with Gasteiger partial charge >= 0.3 is 5.97 Å². The van der Waals surface area contributed by atoms with Crippen LogP contribution in [-0.2, 0) is 22.0 Å². The van der Waals surface area contributed by atoms with Crippen molar-refractivity contribution < 1.29 is 9.53 Å². The molecule has 0 saturated heterocycles. The summed E-state index contributed by atoms with van der Waals surface area (Å²) in [6.45, 7) is 3.71. The number of nitrogens with two attached hydrogens (primary N) is 1. The summed E-state index contributed by atoms with van der Waals surface area (Å²) in [6, 6.07) is -0.736. The van der Waals surface area contributed by atoms with Crippen LogP contribution in [0.25, 0.3) is 0 Å². The minimum Gasteiger partial charge on any atom is -0.468 e. The molecule has 1 atom stereocenters. The Kier molecular flexibility index (Phi) is 3.09. The van der Waals surface area contributed by atoms with Crippen molar-refractivity contribution in [2.24, 2.45) is 12.8 Å². The van der Waals surface area contributed by atoms with Crippen LogP contribution in [0.5, 0.6) is 0 Å². The van der Waals surface area contributed by atoms with Crippen molar-refractivity contribution in [3.63, 3.8) is 0 Å². The number of hydrogen-bond donors (Lipinski definition) is 1. The third kappa shape index (κ3) is 1.99. The number of esters is 1. The molecule has 1 rings (SSSR count). The Balaban J connectivity index is 3.02. The summed E-state index contributed by atoms with van der Waals surface area (Å²) in [5.74, 6) is -0.443. The summed E-state index contributed by atoms with van der Waals surface area (Å²) in [7, 11) is 3.08. The monoisotopic (exact) mass is 212 g/mol. The molecule has 0 radical (unpaired) electrons. The largest absolute Gasteiger partial charge is 0.468 e. The maximum absolute atomic E-state index is 11.4. The minimum absolute atomic E-state index is 0.443. The fourth-order valence-corrected chi connectivity index (χ4v) is 1.45. The van der Waals surface area contributed by atoms with Gasteiger partial charge in [0.1, 0.15) is 6.04 Å². The molecule has 2 N–H and O–H groups in total. The Morgan fingerprint density at radius 2 is 2.27 bits per heavy atom. The number of methoxy groups -OCH3 is 1. The first kappa shape index (κ1) is 11.6. The van der Waals surface area contributed by atoms with E-state index < -0.39 is 17.4 Å². The molecule has 0 aromatic carbocycles. The summed E-state index contributed by atoms with van der Waals surface area (Å²) in [4.78, 5) is 11.4. The number of carbonyl (C=O) groups is 1. The van der Waals surface area contributed by atoms with Crippen molar-refractivity contribution in [2.75, 3.05) is 7.11 Å². The predicted octanol–water partition coefficient (Wildman–Crippen LogP) is -0.407. The maximum Gasteiger partial charge on any atom is 0.323 e. The Bertz CT molecular complexity index is 359. The van der Waals surface area contributed by atoms with Crippen LogP contribution < -0.4 is 5.73 Å². The second-order valence-electron chi connectivity index (χ2n) is 3.97. The molecule has 0 spiro atoms. The summed E-state index contributed by atoms with van der Waals surface area (Å²) in [5, 5.41) is 7.57. The van der Waals surface area contributed by atoms with Gasteiger partial charge in [0.2, 0.25) is 0 Å². The van der Waals surface area contributed by atoms with Crippen LogP contribution in [0.15, 0.2) is 6.20 Å². The number of rotatable bonds is 3. The van der Waals surface area contributed by atoms with Gasteiger partial charge in [-0.3, -0.25) is 9.48 Å². The number of ether oxygens (including phenoxy) is 1. The molecule has 1 aromatic rings. The molecule has 6 nitrogen and oxygen atoms in total. The van der Waals surface area contributed by atoms with Crippen LogP contribution in [0.1, 0.15) is 19.5 Å². The SMILES string of the molecule is COC(=O)C(N)C(C)(C)c1cnnn1C. The van der Waals surface area contributed by atoms with E-state index >= 15 is 0 Å². The summed E-state index contributed by atoms with van der Waals surface area (Å²) in [5.41, 5.74) is 6.05. The summed E-state index contributed by atoms with van der Waals surface area (Å²) in [6.07, 6.45) is 1.60. The standard InChI is InChI=1S/C9H16N4O2/c1-9(2,7(10)8(14)15-4)6-5-11-12-13(6)3/h5,7H,10H2,1-4H3. The van der Waals surface area contributed by atoms with Gasteiger partial charge < -0.3 is 10.5 Å². The lowest BCUT2D eigenvalue weighted by molar-refractivity contribution is -0.143. The number of aryl methyl sites for hydroxylation is 1. The number of carbonyl (C=O) groups excluding carboxylic acids is 1. The molecule has 84 valence electrons. The van der Waals surface area contributed by atoms with E-state index in [1.165, 1.54) is 7.11 Å². The van der Waals surface area contributed by atoms with Gasteiger partial charge in [0.15, 0.2) is 0 Å². The van der Waals surface area contributed by atoms with Crippen molar-refractivity contribution in [2.45, 2.75) is 25.3 Å². The van der Waals surface area contributed by atoms with Gasteiger partial charge in [-0.05, 0) is 0 Å². The van der Waals surface area contributed by atoms with Crippen molar-refractivity contribution in [1.82, 2.24) is 15.0 Å². The zero-order chi connectivity index (χ0) is 11.6. The lowest BCUT2D eigenvalue weighted by Gasteiger charge is -2.28. The Morgan fingerprint density at radius 1 is 1.67 bits per heavy atom. The second-order valence-corrected chi connectivity index (χ2v) is 3.97. The molecule has 0 aliphatic heterocycles. The lowest BCUT2D eigenvalue weighted by atomic mass is 9.82. The van der Waals surface area contributed by atoms with E-state index in [1.807, 2.05) is 13.8 Å². The van der Waals surface area contributed by atoms with Gasteiger partial charge in [-0.25, -0.2) is 0 Å². The quantitative estimate of drug-likeness (QED) is 0.689. The number of aromatic nitrogens is 3. The normalized spacial score (nSPS) is 13.7. The zero-order valence-electron chi connectivity index (χ0n) is 9.39. The van der Waals surface area contributed by atoms with Crippen LogP contribution >= 0.6 is 0 Å². The third-order valence-corrected chi connectivity index (χ3v) is 2.61. The Hall–Kier alpha value is -1.43. The molecule has 0 aliphatic carbocycles. The van der Waals surface area contributed by atoms with Crippen LogP contribution in [0.3, 0.4) is 0 Å². The first-order valence-corrected chi connectivity index (χ1v) is 4.59. The van der Waals surface area contributed by atoms with Crippen LogP contribution in [0.2, 0.25) is 0 Å². The average Bonchev–Trinajstić information content (AvgIpc) is 2.62. The van der Waals surface area contributed by atoms with Gasteiger partial charge in [0.05, 0.1) is 19.0 Å². The molecule has 1 heterocycles. The fraction of sp³-hybridized carbons (Fsp3) is 0.667. The van der Waals surface area contributed by atoms with Crippen molar-refractivity contribution >= 4 is 5.97 Å². The highest BCUT2D eigenvalue weighted by Gasteiger charge is 2.37. The van der Waals surface area contributed by atoms with Gasteiger partial charge in [-0.15, -0.1) is 5.10 Å². The maximum atomic E-state index is 11.4. The average molecular weight is 212 g/mol. The highest BCUT2D eigenvalue weighted by molar-refractivity contribution is 5.77. The Labute approximate surface area is 88.4 Å². The topological polar surface area (TPSA) is 83.0 Å². The molecule has 1 aromatic heterocycles. The van der Waals surface area contributed by atoms with Crippen LogP contribution in [0.4, 0.5) is 0 Å². The summed E-state index contributed by atoms with van der Waals surface area (Å²) >= 11 is 0. The van der Waals surface area contributed by atoms with Gasteiger partial charge in [0.25, 0.3) is 0 Å². The molecule has 0 saturated carbocycles. The highest BCUT2D eigenvalue weighted by atomic mass is 16.5. The Morgan fingerprint density at radius 3 is 2.67 bits per heavy atom. The molecule has 1 unspecified atom stereocenters. The number of nitrogens with zero attached hydrogens (tertiary/aromatic N) is 3. The van der Waals surface area contributed by atoms with Gasteiger partial charge in [-0.2, -0.15) is 0 Å². The zero-order valence-corrected chi connectivity index (χ0v) is 9.39. The predicted molar refractivity (Wildman–Crippen MR) is 54.0 cm³/mol. The van der Waals surface area contributed by atoms with Crippen LogP contribution in [-0.4, -0.2) is 34.1 Å². The van der Waals surface area contributed by atoms with Gasteiger partial charge in [-0.1, -0.05) is 19.1 Å². The van der Waals surface area contributed by atoms with Crippen LogP contribution in [0, 0.1) is 0 Å². The van der Waals surface area contributed by atoms with Crippen molar-refractivity contribution in [3.05, 3.63) is 11.9 Å². The molecule has 0 amide bonds. The lowest BCUT2D eigenvalue weighted by Crippen LogP contribution is -2.48. The molecular weight excluding hydrogens is 196 g/mol. The molecule has 6 heteroatoms. The van der Waals surface area contributed by atoms with E-state index in [1.54, 1.807) is 17.9 Å². The highest BCUT2D eigenvalue weighted by Crippen LogP contribution is 2.25. The molecule has 0 aliphatic rings. The molecule has 0 bridgehead atoms. The van der Waals surface area contributed by atoms with E-state index in [-0.39, 0.29) is 0 Å². The van der Waals surface area contributed by atoms with E-state index in [0.29, 0.717) is 0 Å². The van der Waals surface area contributed by atoms with Crippen molar-refractivity contribution in [1.29, 1.82) is 0 Å².